The molecule has 1 aromatic carbocycles. The first kappa shape index (κ1) is 13.9. The summed E-state index contributed by atoms with van der Waals surface area (Å²) in [5, 5.41) is 0. The molecular weight excluding hydrogens is 240 g/mol. The van der Waals surface area contributed by atoms with Gasteiger partial charge in [0.15, 0.2) is 0 Å². The summed E-state index contributed by atoms with van der Waals surface area (Å²) in [5.41, 5.74) is 7.71. The van der Waals surface area contributed by atoms with E-state index in [1.807, 2.05) is 29.2 Å². The Morgan fingerprint density at radius 3 is 2.68 bits per heavy atom. The van der Waals surface area contributed by atoms with Crippen LogP contribution < -0.4 is 5.73 Å². The number of ether oxygens (including phenoxy) is 1. The van der Waals surface area contributed by atoms with Gasteiger partial charge in [-0.05, 0) is 37.3 Å². The Balaban J connectivity index is 1.66. The fraction of sp³-hybridized carbons (Fsp3) is 0.533. The van der Waals surface area contributed by atoms with Crippen molar-refractivity contribution in [2.75, 3.05) is 32.0 Å². The lowest BCUT2D eigenvalue weighted by atomic mass is 10.1. The zero-order chi connectivity index (χ0) is 13.5. The van der Waals surface area contributed by atoms with Gasteiger partial charge in [-0.25, -0.2) is 0 Å². The van der Waals surface area contributed by atoms with Gasteiger partial charge in [-0.2, -0.15) is 0 Å². The summed E-state index contributed by atoms with van der Waals surface area (Å²) in [6.45, 7) is 2.49. The highest BCUT2D eigenvalue weighted by Crippen LogP contribution is 2.11. The molecule has 0 aromatic heterocycles. The number of para-hydroxylation sites is 1. The molecule has 2 N–H and O–H groups in total. The Kier molecular flexibility index (Phi) is 5.21. The molecule has 0 radical (unpaired) electrons. The molecular formula is C15H22N2O2. The number of amides is 1. The van der Waals surface area contributed by atoms with Gasteiger partial charge in [-0.1, -0.05) is 18.2 Å². The monoisotopic (exact) mass is 262 g/mol. The number of nitrogen functional groups attached to an aromatic ring is 1. The van der Waals surface area contributed by atoms with Crippen LogP contribution in [0.4, 0.5) is 5.69 Å². The van der Waals surface area contributed by atoms with Crippen molar-refractivity contribution in [3.05, 3.63) is 29.8 Å². The third-order valence-electron chi connectivity index (χ3n) is 3.51. The van der Waals surface area contributed by atoms with Crippen molar-refractivity contribution < 1.29 is 9.53 Å². The Hall–Kier alpha value is -1.55. The molecule has 1 aromatic rings. The van der Waals surface area contributed by atoms with Crippen LogP contribution in [0.1, 0.15) is 24.8 Å². The maximum atomic E-state index is 11.9. The van der Waals surface area contributed by atoms with Crippen molar-refractivity contribution in [1.82, 2.24) is 4.90 Å². The molecule has 0 saturated carbocycles. The third-order valence-corrected chi connectivity index (χ3v) is 3.51. The number of hydrogen-bond donors (Lipinski definition) is 1. The summed E-state index contributed by atoms with van der Waals surface area (Å²) in [6, 6.07) is 7.75. The first-order valence-corrected chi connectivity index (χ1v) is 6.96. The molecule has 0 unspecified atom stereocenters. The van der Waals surface area contributed by atoms with Gasteiger partial charge in [0.1, 0.15) is 6.61 Å². The number of benzene rings is 1. The summed E-state index contributed by atoms with van der Waals surface area (Å²) in [5.74, 6) is 0.112. The maximum absolute atomic E-state index is 11.9. The van der Waals surface area contributed by atoms with Crippen molar-refractivity contribution in [3.63, 3.8) is 0 Å². The molecule has 104 valence electrons. The molecule has 2 rings (SSSR count). The average molecular weight is 262 g/mol. The molecule has 1 amide bonds. The van der Waals surface area contributed by atoms with E-state index in [1.165, 1.54) is 6.42 Å². The number of piperidine rings is 1. The molecule has 4 nitrogen and oxygen atoms in total. The standard InChI is InChI=1S/C15H22N2O2/c16-14-7-3-2-6-13(14)8-11-19-12-15(18)17-9-4-1-5-10-17/h2-3,6-7H,1,4-5,8-12,16H2. The number of anilines is 1. The summed E-state index contributed by atoms with van der Waals surface area (Å²) >= 11 is 0. The van der Waals surface area contributed by atoms with Gasteiger partial charge in [0.2, 0.25) is 5.91 Å². The molecule has 0 atom stereocenters. The van der Waals surface area contributed by atoms with Crippen molar-refractivity contribution in [1.29, 1.82) is 0 Å². The zero-order valence-corrected chi connectivity index (χ0v) is 11.3. The van der Waals surface area contributed by atoms with Crippen LogP contribution in [0.3, 0.4) is 0 Å². The largest absolute Gasteiger partial charge is 0.399 e. The van der Waals surface area contributed by atoms with Gasteiger partial charge in [0.05, 0.1) is 6.61 Å². The Morgan fingerprint density at radius 2 is 1.95 bits per heavy atom. The number of carbonyl (C=O) groups is 1. The quantitative estimate of drug-likeness (QED) is 0.650. The Morgan fingerprint density at radius 1 is 1.21 bits per heavy atom. The maximum Gasteiger partial charge on any atom is 0.248 e. The van der Waals surface area contributed by atoms with Crippen molar-refractivity contribution in [2.24, 2.45) is 0 Å². The first-order chi connectivity index (χ1) is 9.27. The SMILES string of the molecule is Nc1ccccc1CCOCC(=O)N1CCCCC1. The predicted octanol–water partition coefficient (Wildman–Crippen LogP) is 1.84. The van der Waals surface area contributed by atoms with Crippen molar-refractivity contribution in [3.8, 4) is 0 Å². The van der Waals surface area contributed by atoms with E-state index in [2.05, 4.69) is 0 Å². The highest BCUT2D eigenvalue weighted by Gasteiger charge is 2.15. The van der Waals surface area contributed by atoms with Gasteiger partial charge < -0.3 is 15.4 Å². The topological polar surface area (TPSA) is 55.6 Å². The van der Waals surface area contributed by atoms with E-state index < -0.39 is 0 Å². The minimum absolute atomic E-state index is 0.112. The predicted molar refractivity (Wildman–Crippen MR) is 75.8 cm³/mol. The van der Waals surface area contributed by atoms with Crippen LogP contribution in [0.5, 0.6) is 0 Å². The van der Waals surface area contributed by atoms with Gasteiger partial charge in [-0.15, -0.1) is 0 Å². The van der Waals surface area contributed by atoms with E-state index in [0.29, 0.717) is 6.61 Å². The fourth-order valence-corrected chi connectivity index (χ4v) is 2.34. The molecule has 0 spiro atoms. The summed E-state index contributed by atoms with van der Waals surface area (Å²) in [4.78, 5) is 13.8. The minimum Gasteiger partial charge on any atom is -0.399 e. The third kappa shape index (κ3) is 4.24. The molecule has 19 heavy (non-hydrogen) atoms. The van der Waals surface area contributed by atoms with Crippen LogP contribution in [0, 0.1) is 0 Å². The number of nitrogens with zero attached hydrogens (tertiary/aromatic N) is 1. The second kappa shape index (κ2) is 7.14. The second-order valence-electron chi connectivity index (χ2n) is 4.94. The summed E-state index contributed by atoms with van der Waals surface area (Å²) in [7, 11) is 0. The zero-order valence-electron chi connectivity index (χ0n) is 11.3. The number of carbonyl (C=O) groups excluding carboxylic acids is 1. The normalized spacial score (nSPS) is 15.5. The van der Waals surface area contributed by atoms with E-state index in [0.717, 1.165) is 43.6 Å². The van der Waals surface area contributed by atoms with E-state index in [9.17, 15) is 4.79 Å². The van der Waals surface area contributed by atoms with Crippen LogP contribution >= 0.6 is 0 Å². The van der Waals surface area contributed by atoms with E-state index in [-0.39, 0.29) is 12.5 Å². The molecule has 0 bridgehead atoms. The van der Waals surface area contributed by atoms with Gasteiger partial charge >= 0.3 is 0 Å². The van der Waals surface area contributed by atoms with Crippen LogP contribution in [0.25, 0.3) is 0 Å². The lowest BCUT2D eigenvalue weighted by Crippen LogP contribution is -2.38. The Bertz CT molecular complexity index is 414. The molecule has 1 aliphatic rings. The lowest BCUT2D eigenvalue weighted by molar-refractivity contribution is -0.137. The lowest BCUT2D eigenvalue weighted by Gasteiger charge is -2.26. The molecule has 1 fully saturated rings. The first-order valence-electron chi connectivity index (χ1n) is 6.96. The summed E-state index contributed by atoms with van der Waals surface area (Å²) < 4.78 is 5.46. The second-order valence-corrected chi connectivity index (χ2v) is 4.94. The van der Waals surface area contributed by atoms with Gasteiger partial charge in [0.25, 0.3) is 0 Å². The highest BCUT2D eigenvalue weighted by molar-refractivity contribution is 5.77. The number of nitrogens with two attached hydrogens (primary N) is 1. The van der Waals surface area contributed by atoms with Crippen LogP contribution in [0.2, 0.25) is 0 Å². The molecule has 0 aliphatic carbocycles. The van der Waals surface area contributed by atoms with E-state index in [1.54, 1.807) is 0 Å². The van der Waals surface area contributed by atoms with Crippen molar-refractivity contribution >= 4 is 11.6 Å². The Labute approximate surface area is 114 Å². The van der Waals surface area contributed by atoms with Crippen LogP contribution in [0.15, 0.2) is 24.3 Å². The highest BCUT2D eigenvalue weighted by atomic mass is 16.5. The van der Waals surface area contributed by atoms with Gasteiger partial charge in [-0.3, -0.25) is 4.79 Å². The smallest absolute Gasteiger partial charge is 0.248 e. The summed E-state index contributed by atoms with van der Waals surface area (Å²) in [6.07, 6.45) is 4.22. The fourth-order valence-electron chi connectivity index (χ4n) is 2.34. The minimum atomic E-state index is 0.112. The van der Waals surface area contributed by atoms with Crippen molar-refractivity contribution in [2.45, 2.75) is 25.7 Å². The molecule has 4 heteroatoms. The number of rotatable bonds is 5. The number of likely N-dealkylation sites (tertiary alicyclic amines) is 1. The van der Waals surface area contributed by atoms with E-state index in [4.69, 9.17) is 10.5 Å². The van der Waals surface area contributed by atoms with Gasteiger partial charge in [0, 0.05) is 18.8 Å². The number of hydrogen-bond acceptors (Lipinski definition) is 3. The average Bonchev–Trinajstić information content (AvgIpc) is 2.46. The van der Waals surface area contributed by atoms with Crippen LogP contribution in [-0.2, 0) is 16.0 Å². The molecule has 1 saturated heterocycles. The molecule has 1 aliphatic heterocycles. The van der Waals surface area contributed by atoms with Crippen LogP contribution in [-0.4, -0.2) is 37.1 Å². The van der Waals surface area contributed by atoms with E-state index >= 15 is 0 Å². The molecule has 1 heterocycles.